The van der Waals surface area contributed by atoms with Crippen LogP contribution in [0, 0.1) is 18.8 Å². The maximum atomic E-state index is 11.3. The molecule has 4 nitrogen and oxygen atoms in total. The molecule has 0 amide bonds. The van der Waals surface area contributed by atoms with E-state index < -0.39 is 11.4 Å². The molecule has 84 valence electrons. The third-order valence-corrected chi connectivity index (χ3v) is 2.23. The molecule has 0 spiro atoms. The van der Waals surface area contributed by atoms with Crippen molar-refractivity contribution in [2.24, 2.45) is 0 Å². The van der Waals surface area contributed by atoms with Crippen LogP contribution in [0.5, 0.6) is 0 Å². The van der Waals surface area contributed by atoms with Gasteiger partial charge in [0.25, 0.3) is 0 Å². The molecule has 1 N–H and O–H groups in total. The van der Waals surface area contributed by atoms with E-state index in [1.807, 2.05) is 0 Å². The van der Waals surface area contributed by atoms with Crippen LogP contribution in [0.3, 0.4) is 0 Å². The van der Waals surface area contributed by atoms with Gasteiger partial charge < -0.3 is 9.67 Å². The lowest BCUT2D eigenvalue weighted by atomic mass is 10.2. The minimum absolute atomic E-state index is 0.199. The first-order chi connectivity index (χ1) is 7.56. The lowest BCUT2D eigenvalue weighted by molar-refractivity contribution is 0.0694. The number of nitrogens with zero attached hydrogens (tertiary/aromatic N) is 1. The van der Waals surface area contributed by atoms with Crippen molar-refractivity contribution in [3.8, 4) is 11.8 Å². The van der Waals surface area contributed by atoms with E-state index in [0.29, 0.717) is 13.0 Å². The van der Waals surface area contributed by atoms with Crippen molar-refractivity contribution in [1.29, 1.82) is 0 Å². The molecule has 1 heterocycles. The van der Waals surface area contributed by atoms with Gasteiger partial charge in [-0.15, -0.1) is 11.8 Å². The largest absolute Gasteiger partial charge is 0.477 e. The Bertz CT molecular complexity index is 517. The van der Waals surface area contributed by atoms with E-state index in [-0.39, 0.29) is 5.56 Å². The smallest absolute Gasteiger partial charge is 0.341 e. The van der Waals surface area contributed by atoms with E-state index in [2.05, 4.69) is 11.8 Å². The number of hydrogen-bond donors (Lipinski definition) is 1. The van der Waals surface area contributed by atoms with E-state index in [1.165, 1.54) is 12.3 Å². The number of pyridine rings is 1. The molecular weight excluding hydrogens is 206 g/mol. The van der Waals surface area contributed by atoms with Crippen LogP contribution in [0.1, 0.15) is 29.4 Å². The Morgan fingerprint density at radius 3 is 2.81 bits per heavy atom. The molecule has 0 atom stereocenters. The number of carbonyl (C=O) groups is 1. The van der Waals surface area contributed by atoms with Gasteiger partial charge in [-0.2, -0.15) is 0 Å². The molecule has 0 fully saturated rings. The Balaban J connectivity index is 3.08. The minimum Gasteiger partial charge on any atom is -0.477 e. The van der Waals surface area contributed by atoms with Gasteiger partial charge in [0.15, 0.2) is 5.43 Å². The molecule has 0 aliphatic carbocycles. The van der Waals surface area contributed by atoms with Gasteiger partial charge in [-0.1, -0.05) is 0 Å². The molecule has 16 heavy (non-hydrogen) atoms. The normalized spacial score (nSPS) is 9.38. The standard InChI is InChI=1S/C12H13NO3/c1-3-4-5-6-13-8-10(12(15)16)11(14)7-9(13)2/h7-8H,5-6H2,1-2H3,(H,15,16). The van der Waals surface area contributed by atoms with Crippen LogP contribution in [0.2, 0.25) is 0 Å². The zero-order valence-corrected chi connectivity index (χ0v) is 9.28. The summed E-state index contributed by atoms with van der Waals surface area (Å²) in [4.78, 5) is 22.1. The van der Waals surface area contributed by atoms with Crippen molar-refractivity contribution >= 4 is 5.97 Å². The van der Waals surface area contributed by atoms with Gasteiger partial charge in [-0.05, 0) is 13.8 Å². The summed E-state index contributed by atoms with van der Waals surface area (Å²) in [5.74, 6) is 4.46. The molecule has 0 saturated carbocycles. The second-order valence-corrected chi connectivity index (χ2v) is 3.37. The SMILES string of the molecule is CC#CCCn1cc(C(=O)O)c(=O)cc1C. The summed E-state index contributed by atoms with van der Waals surface area (Å²) in [7, 11) is 0. The van der Waals surface area contributed by atoms with Crippen molar-refractivity contribution in [3.63, 3.8) is 0 Å². The Hall–Kier alpha value is -2.02. The zero-order chi connectivity index (χ0) is 12.1. The van der Waals surface area contributed by atoms with E-state index in [1.54, 1.807) is 18.4 Å². The van der Waals surface area contributed by atoms with Gasteiger partial charge in [-0.25, -0.2) is 4.79 Å². The zero-order valence-electron chi connectivity index (χ0n) is 9.28. The van der Waals surface area contributed by atoms with Crippen LogP contribution in [0.4, 0.5) is 0 Å². The Morgan fingerprint density at radius 1 is 1.56 bits per heavy atom. The summed E-state index contributed by atoms with van der Waals surface area (Å²) < 4.78 is 1.73. The number of hydrogen-bond acceptors (Lipinski definition) is 2. The van der Waals surface area contributed by atoms with E-state index in [0.717, 1.165) is 5.69 Å². The Morgan fingerprint density at radius 2 is 2.25 bits per heavy atom. The summed E-state index contributed by atoms with van der Waals surface area (Å²) in [5, 5.41) is 8.81. The molecule has 0 radical (unpaired) electrons. The van der Waals surface area contributed by atoms with Crippen molar-refractivity contribution in [3.05, 3.63) is 33.7 Å². The number of carboxylic acid groups (broad SMARTS) is 1. The minimum atomic E-state index is -1.19. The predicted octanol–water partition coefficient (Wildman–Crippen LogP) is 1.27. The number of rotatable bonds is 3. The van der Waals surface area contributed by atoms with Crippen LogP contribution >= 0.6 is 0 Å². The quantitative estimate of drug-likeness (QED) is 0.779. The third-order valence-electron chi connectivity index (χ3n) is 2.23. The van der Waals surface area contributed by atoms with Crippen LogP contribution in [0.15, 0.2) is 17.1 Å². The van der Waals surface area contributed by atoms with Gasteiger partial charge in [0.05, 0.1) is 0 Å². The fourth-order valence-corrected chi connectivity index (χ4v) is 1.37. The molecule has 1 rings (SSSR count). The maximum absolute atomic E-state index is 11.3. The highest BCUT2D eigenvalue weighted by Crippen LogP contribution is 2.00. The molecule has 0 aromatic carbocycles. The molecule has 4 heteroatoms. The van der Waals surface area contributed by atoms with Gasteiger partial charge in [-0.3, -0.25) is 4.79 Å². The number of aromatic nitrogens is 1. The van der Waals surface area contributed by atoms with Crippen molar-refractivity contribution in [1.82, 2.24) is 4.57 Å². The molecule has 1 aromatic rings. The fourth-order valence-electron chi connectivity index (χ4n) is 1.37. The average Bonchev–Trinajstić information content (AvgIpc) is 2.21. The monoisotopic (exact) mass is 219 g/mol. The first-order valence-electron chi connectivity index (χ1n) is 4.90. The van der Waals surface area contributed by atoms with Gasteiger partial charge >= 0.3 is 5.97 Å². The number of aromatic carboxylic acids is 1. The lowest BCUT2D eigenvalue weighted by Gasteiger charge is -2.09. The van der Waals surface area contributed by atoms with Crippen LogP contribution < -0.4 is 5.43 Å². The first kappa shape index (κ1) is 12.1. The van der Waals surface area contributed by atoms with Gasteiger partial charge in [0.1, 0.15) is 5.56 Å². The summed E-state index contributed by atoms with van der Waals surface area (Å²) >= 11 is 0. The predicted molar refractivity (Wildman–Crippen MR) is 60.5 cm³/mol. The van der Waals surface area contributed by atoms with Crippen LogP contribution in [-0.2, 0) is 6.54 Å². The average molecular weight is 219 g/mol. The second-order valence-electron chi connectivity index (χ2n) is 3.37. The van der Waals surface area contributed by atoms with E-state index in [9.17, 15) is 9.59 Å². The molecule has 1 aromatic heterocycles. The molecule has 0 aliphatic heterocycles. The maximum Gasteiger partial charge on any atom is 0.341 e. The number of carboxylic acids is 1. The third kappa shape index (κ3) is 2.74. The highest BCUT2D eigenvalue weighted by Gasteiger charge is 2.09. The summed E-state index contributed by atoms with van der Waals surface area (Å²) in [6.07, 6.45) is 2.01. The van der Waals surface area contributed by atoms with Gasteiger partial charge in [0.2, 0.25) is 0 Å². The lowest BCUT2D eigenvalue weighted by Crippen LogP contribution is -2.18. The van der Waals surface area contributed by atoms with Crippen molar-refractivity contribution in [2.75, 3.05) is 0 Å². The second kappa shape index (κ2) is 5.17. The van der Waals surface area contributed by atoms with Crippen molar-refractivity contribution < 1.29 is 9.90 Å². The van der Waals surface area contributed by atoms with E-state index in [4.69, 9.17) is 5.11 Å². The highest BCUT2D eigenvalue weighted by atomic mass is 16.4. The van der Waals surface area contributed by atoms with Crippen LogP contribution in [0.25, 0.3) is 0 Å². The molecule has 0 unspecified atom stereocenters. The fraction of sp³-hybridized carbons (Fsp3) is 0.333. The first-order valence-corrected chi connectivity index (χ1v) is 4.90. The Kier molecular flexibility index (Phi) is 3.90. The van der Waals surface area contributed by atoms with Crippen LogP contribution in [-0.4, -0.2) is 15.6 Å². The van der Waals surface area contributed by atoms with Crippen molar-refractivity contribution in [2.45, 2.75) is 26.8 Å². The molecular formula is C12H13NO3. The summed E-state index contributed by atoms with van der Waals surface area (Å²) in [6.45, 7) is 4.11. The Labute approximate surface area is 93.5 Å². The molecule has 0 bridgehead atoms. The molecule has 0 aliphatic rings. The summed E-state index contributed by atoms with van der Waals surface area (Å²) in [5.41, 5.74) is 0.0887. The number of aryl methyl sites for hydroxylation is 2. The summed E-state index contributed by atoms with van der Waals surface area (Å²) in [6, 6.07) is 1.34. The van der Waals surface area contributed by atoms with E-state index >= 15 is 0 Å². The topological polar surface area (TPSA) is 59.3 Å². The molecule has 0 saturated heterocycles. The van der Waals surface area contributed by atoms with Gasteiger partial charge in [0, 0.05) is 30.9 Å². The highest BCUT2D eigenvalue weighted by molar-refractivity contribution is 5.87.